The van der Waals surface area contributed by atoms with Gasteiger partial charge in [0, 0.05) is 18.5 Å². The summed E-state index contributed by atoms with van der Waals surface area (Å²) in [5, 5.41) is 13.4. The number of rotatable bonds is 5. The van der Waals surface area contributed by atoms with Crippen LogP contribution in [0.15, 0.2) is 17.5 Å². The van der Waals surface area contributed by atoms with Crippen LogP contribution >= 0.6 is 11.3 Å². The third-order valence-electron chi connectivity index (χ3n) is 2.57. The minimum Gasteiger partial charge on any atom is -0.480 e. The Bertz CT molecular complexity index is 415. The number of carbonyl (C=O) groups excluding carboxylic acids is 1. The average Bonchev–Trinajstić information content (AvgIpc) is 2.77. The van der Waals surface area contributed by atoms with Gasteiger partial charge in [-0.05, 0) is 31.7 Å². The van der Waals surface area contributed by atoms with E-state index in [1.54, 1.807) is 18.4 Å². The number of likely N-dealkylation sites (N-methyl/N-ethyl adjacent to an activating group) is 1. The molecular weight excluding hydrogens is 252 g/mol. The lowest BCUT2D eigenvalue weighted by atomic mass is 10.1. The Balaban J connectivity index is 2.44. The summed E-state index contributed by atoms with van der Waals surface area (Å²) in [4.78, 5) is 25.4. The second-order valence-electron chi connectivity index (χ2n) is 4.61. The number of thiophene rings is 1. The molecule has 18 heavy (non-hydrogen) atoms. The number of carboxylic acid groups (broad SMARTS) is 1. The van der Waals surface area contributed by atoms with Gasteiger partial charge in [0.25, 0.3) is 0 Å². The minimum atomic E-state index is -1.26. The molecule has 2 amide bonds. The molecule has 0 saturated heterocycles. The summed E-state index contributed by atoms with van der Waals surface area (Å²) in [5.74, 6) is -1.05. The maximum absolute atomic E-state index is 11.8. The zero-order valence-electron chi connectivity index (χ0n) is 10.8. The molecule has 0 atom stereocenters. The third kappa shape index (κ3) is 4.03. The number of hydrogen-bond acceptors (Lipinski definition) is 3. The third-order valence-corrected chi connectivity index (χ3v) is 3.51. The molecular formula is C12H18N2O3S. The van der Waals surface area contributed by atoms with Crippen molar-refractivity contribution in [3.63, 3.8) is 0 Å². The van der Waals surface area contributed by atoms with Crippen molar-refractivity contribution in [1.82, 2.24) is 10.2 Å². The second-order valence-corrected chi connectivity index (χ2v) is 5.64. The molecule has 1 rings (SSSR count). The molecule has 5 nitrogen and oxygen atoms in total. The summed E-state index contributed by atoms with van der Waals surface area (Å²) in [6.45, 7) is 3.47. The van der Waals surface area contributed by atoms with Gasteiger partial charge in [-0.3, -0.25) is 0 Å². The van der Waals surface area contributed by atoms with E-state index in [-0.39, 0.29) is 6.03 Å². The van der Waals surface area contributed by atoms with Crippen LogP contribution < -0.4 is 5.32 Å². The first-order valence-electron chi connectivity index (χ1n) is 5.62. The highest BCUT2D eigenvalue weighted by molar-refractivity contribution is 7.09. The summed E-state index contributed by atoms with van der Waals surface area (Å²) in [6, 6.07) is 3.60. The van der Waals surface area contributed by atoms with Crippen molar-refractivity contribution < 1.29 is 14.7 Å². The zero-order chi connectivity index (χ0) is 13.8. The number of amides is 2. The Kier molecular flexibility index (Phi) is 4.72. The van der Waals surface area contributed by atoms with E-state index in [2.05, 4.69) is 5.32 Å². The highest BCUT2D eigenvalue weighted by atomic mass is 32.1. The number of nitrogens with zero attached hydrogens (tertiary/aromatic N) is 1. The largest absolute Gasteiger partial charge is 0.480 e. The molecule has 2 N–H and O–H groups in total. The average molecular weight is 270 g/mol. The molecule has 1 heterocycles. The Morgan fingerprint density at radius 1 is 1.50 bits per heavy atom. The number of aliphatic carboxylic acids is 1. The van der Waals surface area contributed by atoms with Gasteiger partial charge in [0.15, 0.2) is 0 Å². The van der Waals surface area contributed by atoms with E-state index in [4.69, 9.17) is 5.11 Å². The van der Waals surface area contributed by atoms with Crippen LogP contribution in [0.2, 0.25) is 0 Å². The molecule has 0 radical (unpaired) electrons. The maximum Gasteiger partial charge on any atom is 0.328 e. The van der Waals surface area contributed by atoms with E-state index < -0.39 is 11.5 Å². The van der Waals surface area contributed by atoms with Gasteiger partial charge in [-0.15, -0.1) is 11.3 Å². The van der Waals surface area contributed by atoms with Crippen LogP contribution in [0, 0.1) is 0 Å². The van der Waals surface area contributed by atoms with Gasteiger partial charge in [0.1, 0.15) is 5.54 Å². The van der Waals surface area contributed by atoms with Crippen molar-refractivity contribution in [2.24, 2.45) is 0 Å². The predicted octanol–water partition coefficient (Wildman–Crippen LogP) is 1.80. The molecule has 0 aromatic carbocycles. The van der Waals surface area contributed by atoms with Crippen molar-refractivity contribution in [3.05, 3.63) is 22.4 Å². The number of carboxylic acids is 1. The highest BCUT2D eigenvalue weighted by Gasteiger charge is 2.29. The summed E-state index contributed by atoms with van der Waals surface area (Å²) in [6.07, 6.45) is 0.773. The van der Waals surface area contributed by atoms with E-state index in [0.29, 0.717) is 6.54 Å². The number of nitrogens with one attached hydrogen (secondary N) is 1. The Morgan fingerprint density at radius 3 is 2.67 bits per heavy atom. The van der Waals surface area contributed by atoms with Gasteiger partial charge in [0.05, 0.1) is 0 Å². The minimum absolute atomic E-state index is 0.376. The first-order chi connectivity index (χ1) is 8.33. The lowest BCUT2D eigenvalue weighted by Gasteiger charge is -2.25. The van der Waals surface area contributed by atoms with Crippen molar-refractivity contribution in [2.45, 2.75) is 25.8 Å². The SMILES string of the molecule is CN(CCc1cccs1)C(=O)NC(C)(C)C(=O)O. The van der Waals surface area contributed by atoms with Gasteiger partial charge in [0.2, 0.25) is 0 Å². The fourth-order valence-corrected chi connectivity index (χ4v) is 1.95. The molecule has 0 aliphatic rings. The molecule has 0 aliphatic heterocycles. The molecule has 0 fully saturated rings. The Labute approximate surface area is 110 Å². The molecule has 100 valence electrons. The van der Waals surface area contributed by atoms with Crippen molar-refractivity contribution in [2.75, 3.05) is 13.6 Å². The van der Waals surface area contributed by atoms with Gasteiger partial charge < -0.3 is 15.3 Å². The highest BCUT2D eigenvalue weighted by Crippen LogP contribution is 2.10. The molecule has 0 unspecified atom stereocenters. The van der Waals surface area contributed by atoms with Crippen LogP contribution in [-0.2, 0) is 11.2 Å². The topological polar surface area (TPSA) is 69.6 Å². The maximum atomic E-state index is 11.8. The Hall–Kier alpha value is -1.56. The molecule has 1 aromatic rings. The van der Waals surface area contributed by atoms with E-state index in [1.165, 1.54) is 23.6 Å². The van der Waals surface area contributed by atoms with Crippen LogP contribution in [-0.4, -0.2) is 41.1 Å². The fraction of sp³-hybridized carbons (Fsp3) is 0.500. The van der Waals surface area contributed by atoms with Crippen molar-refractivity contribution >= 4 is 23.3 Å². The summed E-state index contributed by atoms with van der Waals surface area (Å²) >= 11 is 1.64. The molecule has 0 bridgehead atoms. The smallest absolute Gasteiger partial charge is 0.328 e. The van der Waals surface area contributed by atoms with E-state index in [0.717, 1.165) is 6.42 Å². The summed E-state index contributed by atoms with van der Waals surface area (Å²) < 4.78 is 0. The van der Waals surface area contributed by atoms with Crippen LogP contribution in [0.3, 0.4) is 0 Å². The lowest BCUT2D eigenvalue weighted by Crippen LogP contribution is -2.53. The van der Waals surface area contributed by atoms with Gasteiger partial charge in [-0.1, -0.05) is 6.07 Å². The number of urea groups is 1. The molecule has 1 aromatic heterocycles. The molecule has 0 saturated carbocycles. The quantitative estimate of drug-likeness (QED) is 0.857. The van der Waals surface area contributed by atoms with Gasteiger partial charge in [-0.25, -0.2) is 9.59 Å². The second kappa shape index (κ2) is 5.86. The van der Waals surface area contributed by atoms with Gasteiger partial charge >= 0.3 is 12.0 Å². The van der Waals surface area contributed by atoms with Gasteiger partial charge in [-0.2, -0.15) is 0 Å². The Morgan fingerprint density at radius 2 is 2.17 bits per heavy atom. The summed E-state index contributed by atoms with van der Waals surface area (Å²) in [7, 11) is 1.65. The standard InChI is InChI=1S/C12H18N2O3S/c1-12(2,10(15)16)13-11(17)14(3)7-6-9-5-4-8-18-9/h4-5,8H,6-7H2,1-3H3,(H,13,17)(H,15,16). The van der Waals surface area contributed by atoms with E-state index in [1.807, 2.05) is 17.5 Å². The molecule has 6 heteroatoms. The van der Waals surface area contributed by atoms with Crippen LogP contribution in [0.25, 0.3) is 0 Å². The van der Waals surface area contributed by atoms with Crippen molar-refractivity contribution in [3.8, 4) is 0 Å². The van der Waals surface area contributed by atoms with Crippen LogP contribution in [0.4, 0.5) is 4.79 Å². The zero-order valence-corrected chi connectivity index (χ0v) is 11.6. The number of hydrogen-bond donors (Lipinski definition) is 2. The summed E-state index contributed by atoms with van der Waals surface area (Å²) in [5.41, 5.74) is -1.26. The lowest BCUT2D eigenvalue weighted by molar-refractivity contribution is -0.143. The first kappa shape index (κ1) is 14.5. The molecule has 0 aliphatic carbocycles. The fourth-order valence-electron chi connectivity index (χ4n) is 1.25. The normalized spacial score (nSPS) is 11.1. The van der Waals surface area contributed by atoms with E-state index in [9.17, 15) is 9.59 Å². The number of carbonyl (C=O) groups is 2. The van der Waals surface area contributed by atoms with Crippen LogP contribution in [0.1, 0.15) is 18.7 Å². The molecule has 0 spiro atoms. The van der Waals surface area contributed by atoms with Crippen LogP contribution in [0.5, 0.6) is 0 Å². The monoisotopic (exact) mass is 270 g/mol. The first-order valence-corrected chi connectivity index (χ1v) is 6.50. The van der Waals surface area contributed by atoms with Crippen molar-refractivity contribution in [1.29, 1.82) is 0 Å². The predicted molar refractivity (Wildman–Crippen MR) is 70.9 cm³/mol. The van der Waals surface area contributed by atoms with E-state index >= 15 is 0 Å².